The summed E-state index contributed by atoms with van der Waals surface area (Å²) in [5.74, 6) is 0. The first-order valence-corrected chi connectivity index (χ1v) is 12.9. The molecule has 10 rings (SSSR count). The van der Waals surface area contributed by atoms with Gasteiger partial charge in [-0.3, -0.25) is 0 Å². The van der Waals surface area contributed by atoms with Crippen molar-refractivity contribution in [2.24, 2.45) is 5.73 Å². The Bertz CT molecular complexity index is 820. The van der Waals surface area contributed by atoms with Crippen LogP contribution < -0.4 is 5.73 Å². The van der Waals surface area contributed by atoms with Crippen LogP contribution in [-0.2, 0) is 6.51 Å². The molecule has 10 heterocycles. The summed E-state index contributed by atoms with van der Waals surface area (Å²) in [5.41, 5.74) is 4.50. The van der Waals surface area contributed by atoms with E-state index < -0.39 is 6.51 Å². The Balaban J connectivity index is 0.000000255. The van der Waals surface area contributed by atoms with Crippen LogP contribution in [0.1, 0.15) is 13.8 Å². The SMILES string of the molecule is CN.C[C]12[CH]3[CH]4[CH]5[C]1(C)[Fe]43521678[CH]2[CH]1[CH]6[CH]7[CH]28. The molecule has 84 valence electrons. The zero-order valence-electron chi connectivity index (χ0n) is 9.55. The van der Waals surface area contributed by atoms with Gasteiger partial charge in [0.05, 0.1) is 0 Å². The fourth-order valence-electron chi connectivity index (χ4n) is 18.7. The molecule has 10 aliphatic rings. The molecule has 10 aliphatic heterocycles. The summed E-state index contributed by atoms with van der Waals surface area (Å²) in [6, 6.07) is 0. The molecule has 0 bridgehead atoms. The predicted molar refractivity (Wildman–Crippen MR) is 56.8 cm³/mol. The fraction of sp³-hybridized carbons (Fsp3) is 1.00. The monoisotopic (exact) mass is 245 g/mol. The van der Waals surface area contributed by atoms with E-state index in [0.29, 0.717) is 0 Å². The molecule has 15 heavy (non-hydrogen) atoms. The van der Waals surface area contributed by atoms with Crippen molar-refractivity contribution < 1.29 is 6.51 Å². The van der Waals surface area contributed by atoms with Gasteiger partial charge in [0.15, 0.2) is 0 Å². The minimum atomic E-state index is -2.62. The first-order valence-electron chi connectivity index (χ1n) is 6.72. The molecule has 0 aromatic carbocycles. The first kappa shape index (κ1) is 5.89. The van der Waals surface area contributed by atoms with Gasteiger partial charge in [-0.2, -0.15) is 0 Å². The van der Waals surface area contributed by atoms with Crippen LogP contribution in [-0.4, -0.2) is 7.05 Å². The van der Waals surface area contributed by atoms with E-state index >= 15 is 0 Å². The van der Waals surface area contributed by atoms with E-state index in [1.807, 2.05) is 0 Å². The zero-order chi connectivity index (χ0) is 9.94. The summed E-state index contributed by atoms with van der Waals surface area (Å²) in [5, 5.41) is 0. The number of nitrogens with two attached hydrogens (primary N) is 1. The predicted octanol–water partition coefficient (Wildman–Crippen LogP) is 3.73. The van der Waals surface area contributed by atoms with Gasteiger partial charge in [-0.1, -0.05) is 0 Å². The molecule has 2 heteroatoms. The third kappa shape index (κ3) is 0.0436. The van der Waals surface area contributed by atoms with Gasteiger partial charge in [0, 0.05) is 0 Å². The topological polar surface area (TPSA) is 26.0 Å². The normalized spacial score (nSPS) is 137. The minimum absolute atomic E-state index is 1.13. The Morgan fingerprint density at radius 3 is 1.07 bits per heavy atom. The van der Waals surface area contributed by atoms with E-state index in [4.69, 9.17) is 0 Å². The van der Waals surface area contributed by atoms with Crippen LogP contribution in [0.3, 0.4) is 0 Å². The molecule has 2 N–H and O–H groups in total. The molecule has 0 aromatic rings. The van der Waals surface area contributed by atoms with Crippen molar-refractivity contribution >= 4 is 0 Å². The second-order valence-electron chi connectivity index (χ2n) is 10.5. The van der Waals surface area contributed by atoms with Crippen molar-refractivity contribution in [1.29, 1.82) is 0 Å². The molecule has 0 aromatic heterocycles. The summed E-state index contributed by atoms with van der Waals surface area (Å²) in [6.45, 7) is 3.03. The molecule has 1 spiro atoms. The maximum absolute atomic E-state index is 4.50. The van der Waals surface area contributed by atoms with Crippen LogP contribution in [0.4, 0.5) is 0 Å². The van der Waals surface area contributed by atoms with Crippen LogP contribution in [0.25, 0.3) is 0 Å². The summed E-state index contributed by atoms with van der Waals surface area (Å²) in [7, 11) is 1.50. The van der Waals surface area contributed by atoms with Crippen molar-refractivity contribution in [3.05, 3.63) is 0 Å². The Morgan fingerprint density at radius 1 is 0.733 bits per heavy atom. The first-order chi connectivity index (χ1) is 6.94. The molecule has 1 nitrogen and oxygen atoms in total. The Morgan fingerprint density at radius 2 is 1.07 bits per heavy atom. The van der Waals surface area contributed by atoms with E-state index in [9.17, 15) is 0 Å². The molecule has 0 radical (unpaired) electrons. The third-order valence-electron chi connectivity index (χ3n) is 16.5. The van der Waals surface area contributed by atoms with Gasteiger partial charge in [0.25, 0.3) is 0 Å². The van der Waals surface area contributed by atoms with Crippen LogP contribution in [0, 0.1) is 0 Å². The Labute approximate surface area is 80.4 Å². The van der Waals surface area contributed by atoms with Crippen molar-refractivity contribution in [2.45, 2.75) is 61.0 Å². The molecule has 10 fully saturated rings. The van der Waals surface area contributed by atoms with Crippen molar-refractivity contribution in [3.63, 3.8) is 0 Å². The van der Waals surface area contributed by atoms with Gasteiger partial charge >= 0.3 is 67.5 Å². The van der Waals surface area contributed by atoms with Crippen LogP contribution >= 0.6 is 0 Å². The number of fused-ring (bicyclic) bond motifs is 10. The standard InChI is InChI=1S/C7H9.C5H5.CH5N.Fe/c1-6-4-3-5-7(6)2;1-2-4-5-3-1;1-2;/h3-5H,1-2H3;1-5H;2H2,1H3;. The zero-order valence-corrected chi connectivity index (χ0v) is 10.7. The average Bonchev–Trinajstić information content (AvgIpc) is 3.19. The number of hydrogen-bond acceptors (Lipinski definition) is 1. The summed E-state index contributed by atoms with van der Waals surface area (Å²) in [4.78, 5) is 12.2. The molecule has 4 atom stereocenters. The second kappa shape index (κ2) is 0.396. The van der Waals surface area contributed by atoms with Gasteiger partial charge < -0.3 is 5.73 Å². The van der Waals surface area contributed by atoms with Gasteiger partial charge in [0.2, 0.25) is 0 Å². The Kier molecular flexibility index (Phi) is 0.156. The van der Waals surface area contributed by atoms with Gasteiger partial charge in [-0.25, -0.2) is 0 Å². The molecule has 10 saturated heterocycles. The Hall–Kier alpha value is 0.479. The van der Waals surface area contributed by atoms with Crippen molar-refractivity contribution in [2.75, 3.05) is 7.05 Å². The van der Waals surface area contributed by atoms with Gasteiger partial charge in [-0.15, -0.1) is 0 Å². The number of hydrogen-bond donors (Lipinski definition) is 1. The molecule has 0 saturated carbocycles. The molecule has 0 amide bonds. The quantitative estimate of drug-likeness (QED) is 0.646. The van der Waals surface area contributed by atoms with Crippen LogP contribution in [0.15, 0.2) is 0 Å². The summed E-state index contributed by atoms with van der Waals surface area (Å²) >= 11 is 0. The van der Waals surface area contributed by atoms with Gasteiger partial charge in [-0.05, 0) is 7.05 Å². The maximum atomic E-state index is 4.50. The fourth-order valence-corrected chi connectivity index (χ4v) is 97.1. The average molecular weight is 245 g/mol. The molecule has 4 unspecified atom stereocenters. The third-order valence-corrected chi connectivity index (χ3v) is 62.1. The summed E-state index contributed by atoms with van der Waals surface area (Å²) < 4.78 is 2.26. The second-order valence-corrected chi connectivity index (χ2v) is 34.2. The van der Waals surface area contributed by atoms with Crippen LogP contribution in [0.2, 0.25) is 47.2 Å². The van der Waals surface area contributed by atoms with E-state index in [0.717, 1.165) is 8.63 Å². The van der Waals surface area contributed by atoms with Crippen molar-refractivity contribution in [1.82, 2.24) is 0 Å². The van der Waals surface area contributed by atoms with E-state index in [-0.39, 0.29) is 0 Å². The van der Waals surface area contributed by atoms with Crippen molar-refractivity contribution in [3.8, 4) is 0 Å². The molecular formula is C13H19FeN. The molecule has 0 aliphatic carbocycles. The number of rotatable bonds is 0. The molecular weight excluding hydrogens is 226 g/mol. The van der Waals surface area contributed by atoms with E-state index in [2.05, 4.69) is 19.6 Å². The van der Waals surface area contributed by atoms with Crippen LogP contribution in [0.5, 0.6) is 0 Å². The van der Waals surface area contributed by atoms with E-state index in [1.165, 1.54) is 45.6 Å². The van der Waals surface area contributed by atoms with Gasteiger partial charge in [0.1, 0.15) is 0 Å². The van der Waals surface area contributed by atoms with E-state index in [1.54, 1.807) is 0 Å². The summed E-state index contributed by atoms with van der Waals surface area (Å²) in [6.07, 6.45) is 0.